The van der Waals surface area contributed by atoms with E-state index in [9.17, 15) is 0 Å². The second-order valence-corrected chi connectivity index (χ2v) is 4.24. The van der Waals surface area contributed by atoms with E-state index in [0.29, 0.717) is 5.84 Å². The van der Waals surface area contributed by atoms with Gasteiger partial charge in [-0.1, -0.05) is 0 Å². The SMILES string of the molecule is COc1ccc2c(c1)SCCC(NO)=N2. The van der Waals surface area contributed by atoms with Crippen LogP contribution >= 0.6 is 11.8 Å². The number of fused-ring (bicyclic) bond motifs is 1. The zero-order valence-corrected chi connectivity index (χ0v) is 9.17. The Hall–Kier alpha value is -1.20. The smallest absolute Gasteiger partial charge is 0.127 e. The largest absolute Gasteiger partial charge is 0.497 e. The lowest BCUT2D eigenvalue weighted by Gasteiger charge is -2.04. The van der Waals surface area contributed by atoms with Gasteiger partial charge in [0, 0.05) is 17.1 Å². The highest BCUT2D eigenvalue weighted by Crippen LogP contribution is 2.35. The molecule has 2 rings (SSSR count). The van der Waals surface area contributed by atoms with E-state index in [1.54, 1.807) is 18.9 Å². The number of aliphatic imine (C=N–C) groups is 1. The molecule has 0 amide bonds. The number of thioether (sulfide) groups is 1. The molecule has 0 atom stereocenters. The van der Waals surface area contributed by atoms with Crippen LogP contribution in [-0.2, 0) is 0 Å². The lowest BCUT2D eigenvalue weighted by Crippen LogP contribution is -2.18. The molecule has 1 aliphatic heterocycles. The maximum atomic E-state index is 8.83. The van der Waals surface area contributed by atoms with Crippen molar-refractivity contribution in [2.75, 3.05) is 12.9 Å². The minimum atomic E-state index is 0.603. The van der Waals surface area contributed by atoms with Crippen molar-refractivity contribution in [1.82, 2.24) is 5.48 Å². The predicted molar refractivity (Wildman–Crippen MR) is 60.4 cm³/mol. The van der Waals surface area contributed by atoms with E-state index < -0.39 is 0 Å². The third-order valence-electron chi connectivity index (χ3n) is 2.15. The number of benzene rings is 1. The molecule has 0 bridgehead atoms. The molecule has 0 unspecified atom stereocenters. The third-order valence-corrected chi connectivity index (χ3v) is 3.19. The third kappa shape index (κ3) is 2.24. The van der Waals surface area contributed by atoms with Gasteiger partial charge < -0.3 is 4.74 Å². The summed E-state index contributed by atoms with van der Waals surface area (Å²) < 4.78 is 5.15. The molecule has 0 spiro atoms. The Morgan fingerprint density at radius 2 is 2.40 bits per heavy atom. The number of amidine groups is 1. The summed E-state index contributed by atoms with van der Waals surface area (Å²) in [4.78, 5) is 5.40. The summed E-state index contributed by atoms with van der Waals surface area (Å²) >= 11 is 1.71. The number of ether oxygens (including phenoxy) is 1. The molecular formula is C10H12N2O2S. The summed E-state index contributed by atoms with van der Waals surface area (Å²) in [6.07, 6.45) is 0.734. The van der Waals surface area contributed by atoms with Gasteiger partial charge in [-0.3, -0.25) is 10.7 Å². The number of nitrogens with zero attached hydrogens (tertiary/aromatic N) is 1. The molecule has 1 heterocycles. The van der Waals surface area contributed by atoms with Crippen LogP contribution in [0.25, 0.3) is 0 Å². The van der Waals surface area contributed by atoms with E-state index in [2.05, 4.69) is 10.5 Å². The molecule has 4 nitrogen and oxygen atoms in total. The van der Waals surface area contributed by atoms with E-state index in [1.807, 2.05) is 18.2 Å². The molecule has 0 aliphatic carbocycles. The van der Waals surface area contributed by atoms with Crippen molar-refractivity contribution in [2.45, 2.75) is 11.3 Å². The van der Waals surface area contributed by atoms with Crippen molar-refractivity contribution in [3.8, 4) is 5.75 Å². The molecule has 5 heteroatoms. The van der Waals surface area contributed by atoms with Crippen LogP contribution in [0.5, 0.6) is 5.75 Å². The van der Waals surface area contributed by atoms with Crippen LogP contribution in [0.15, 0.2) is 28.1 Å². The maximum absolute atomic E-state index is 8.83. The number of hydroxylamine groups is 1. The van der Waals surface area contributed by atoms with E-state index in [-0.39, 0.29) is 0 Å². The van der Waals surface area contributed by atoms with E-state index >= 15 is 0 Å². The first-order valence-corrected chi connectivity index (χ1v) is 5.60. The van der Waals surface area contributed by atoms with Crippen LogP contribution in [0.4, 0.5) is 5.69 Å². The zero-order chi connectivity index (χ0) is 10.7. The lowest BCUT2D eigenvalue weighted by molar-refractivity contribution is 0.232. The monoisotopic (exact) mass is 224 g/mol. The van der Waals surface area contributed by atoms with E-state index in [4.69, 9.17) is 9.94 Å². The lowest BCUT2D eigenvalue weighted by atomic mass is 10.3. The fraction of sp³-hybridized carbons (Fsp3) is 0.300. The Labute approximate surface area is 92.3 Å². The average molecular weight is 224 g/mol. The Kier molecular flexibility index (Phi) is 3.13. The molecule has 0 saturated heterocycles. The number of nitrogens with one attached hydrogen (secondary N) is 1. The molecule has 0 radical (unpaired) electrons. The highest BCUT2D eigenvalue weighted by molar-refractivity contribution is 7.99. The number of hydrogen-bond acceptors (Lipinski definition) is 5. The molecule has 0 aromatic heterocycles. The fourth-order valence-electron chi connectivity index (χ4n) is 1.37. The van der Waals surface area contributed by atoms with Crippen LogP contribution in [-0.4, -0.2) is 23.9 Å². The molecule has 2 N–H and O–H groups in total. The van der Waals surface area contributed by atoms with E-state index in [0.717, 1.165) is 28.5 Å². The van der Waals surface area contributed by atoms with Crippen molar-refractivity contribution in [2.24, 2.45) is 4.99 Å². The normalized spacial score (nSPS) is 14.9. The molecular weight excluding hydrogens is 212 g/mol. The van der Waals surface area contributed by atoms with Crippen LogP contribution in [0.3, 0.4) is 0 Å². The van der Waals surface area contributed by atoms with Gasteiger partial charge in [0.15, 0.2) is 0 Å². The quantitative estimate of drug-likeness (QED) is 0.718. The summed E-state index contributed by atoms with van der Waals surface area (Å²) in [6.45, 7) is 0. The topological polar surface area (TPSA) is 53.8 Å². The minimum absolute atomic E-state index is 0.603. The molecule has 0 saturated carbocycles. The first-order valence-electron chi connectivity index (χ1n) is 4.62. The van der Waals surface area contributed by atoms with Crippen LogP contribution in [0.2, 0.25) is 0 Å². The summed E-state index contributed by atoms with van der Waals surface area (Å²) in [5, 5.41) is 8.83. The summed E-state index contributed by atoms with van der Waals surface area (Å²) in [7, 11) is 1.65. The second kappa shape index (κ2) is 4.55. The van der Waals surface area contributed by atoms with Crippen LogP contribution in [0, 0.1) is 0 Å². The van der Waals surface area contributed by atoms with Gasteiger partial charge in [0.25, 0.3) is 0 Å². The van der Waals surface area contributed by atoms with Crippen molar-refractivity contribution < 1.29 is 9.94 Å². The summed E-state index contributed by atoms with van der Waals surface area (Å²) in [6, 6.07) is 5.72. The molecule has 1 aliphatic rings. The molecule has 15 heavy (non-hydrogen) atoms. The highest BCUT2D eigenvalue weighted by Gasteiger charge is 2.10. The summed E-state index contributed by atoms with van der Waals surface area (Å²) in [5.74, 6) is 2.33. The van der Waals surface area contributed by atoms with Crippen molar-refractivity contribution in [3.63, 3.8) is 0 Å². The van der Waals surface area contributed by atoms with Gasteiger partial charge in [0.2, 0.25) is 0 Å². The Bertz CT molecular complexity index is 393. The van der Waals surface area contributed by atoms with Gasteiger partial charge in [-0.2, -0.15) is 0 Å². The predicted octanol–water partition coefficient (Wildman–Crippen LogP) is 2.20. The van der Waals surface area contributed by atoms with Crippen molar-refractivity contribution in [3.05, 3.63) is 18.2 Å². The fourth-order valence-corrected chi connectivity index (χ4v) is 2.35. The molecule has 1 aromatic rings. The van der Waals surface area contributed by atoms with Gasteiger partial charge in [-0.15, -0.1) is 11.8 Å². The van der Waals surface area contributed by atoms with Crippen molar-refractivity contribution >= 4 is 23.3 Å². The van der Waals surface area contributed by atoms with Crippen LogP contribution in [0.1, 0.15) is 6.42 Å². The number of methoxy groups -OCH3 is 1. The van der Waals surface area contributed by atoms with Crippen molar-refractivity contribution in [1.29, 1.82) is 0 Å². The highest BCUT2D eigenvalue weighted by atomic mass is 32.2. The second-order valence-electron chi connectivity index (χ2n) is 3.10. The van der Waals surface area contributed by atoms with Gasteiger partial charge in [0.05, 0.1) is 12.8 Å². The Balaban J connectivity index is 2.38. The minimum Gasteiger partial charge on any atom is -0.497 e. The van der Waals surface area contributed by atoms with Gasteiger partial charge in [0.1, 0.15) is 11.6 Å². The molecule has 1 aromatic carbocycles. The first-order chi connectivity index (χ1) is 7.33. The van der Waals surface area contributed by atoms with Crippen LogP contribution < -0.4 is 10.2 Å². The maximum Gasteiger partial charge on any atom is 0.127 e. The Morgan fingerprint density at radius 1 is 1.53 bits per heavy atom. The average Bonchev–Trinajstić information content (AvgIpc) is 2.49. The van der Waals surface area contributed by atoms with Gasteiger partial charge in [-0.05, 0) is 18.2 Å². The number of rotatable bonds is 1. The molecule has 0 fully saturated rings. The van der Waals surface area contributed by atoms with Gasteiger partial charge >= 0.3 is 0 Å². The Morgan fingerprint density at radius 3 is 3.13 bits per heavy atom. The standard InChI is InChI=1S/C10H12N2O2S/c1-14-7-2-3-8-9(6-7)15-5-4-10(11-8)12-13/h2-3,6,13H,4-5H2,1H3,(H,11,12). The summed E-state index contributed by atoms with van der Waals surface area (Å²) in [5.41, 5.74) is 2.99. The first kappa shape index (κ1) is 10.3. The zero-order valence-electron chi connectivity index (χ0n) is 8.36. The number of hydrogen-bond donors (Lipinski definition) is 2. The molecule has 80 valence electrons. The van der Waals surface area contributed by atoms with Gasteiger partial charge in [-0.25, -0.2) is 4.99 Å². The van der Waals surface area contributed by atoms with E-state index in [1.165, 1.54) is 0 Å².